The molecule has 34 heavy (non-hydrogen) atoms. The fourth-order valence-electron chi connectivity index (χ4n) is 5.21. The predicted octanol–water partition coefficient (Wildman–Crippen LogP) is 0.228. The van der Waals surface area contributed by atoms with Crippen LogP contribution in [0.5, 0.6) is 0 Å². The summed E-state index contributed by atoms with van der Waals surface area (Å²) in [6.07, 6.45) is 2.85. The molecule has 2 saturated heterocycles. The van der Waals surface area contributed by atoms with Crippen LogP contribution in [0.25, 0.3) is 10.9 Å². The molecular formula is C24H27N5O5. The number of nitrogens with zero attached hydrogens (tertiary/aromatic N) is 1. The molecule has 1 aromatic heterocycles. The Kier molecular flexibility index (Phi) is 5.38. The van der Waals surface area contributed by atoms with Crippen LogP contribution in [0.3, 0.4) is 0 Å². The Morgan fingerprint density at radius 3 is 2.62 bits per heavy atom. The van der Waals surface area contributed by atoms with Gasteiger partial charge in [0, 0.05) is 29.9 Å². The Hall–Kier alpha value is -3.69. The highest BCUT2D eigenvalue weighted by atomic mass is 16.2. The average molecular weight is 466 g/mol. The van der Waals surface area contributed by atoms with Crippen LogP contribution >= 0.6 is 0 Å². The van der Waals surface area contributed by atoms with Crippen molar-refractivity contribution in [3.05, 3.63) is 36.0 Å². The number of rotatable bonds is 7. The number of fused-ring (bicyclic) bond motifs is 1. The Balaban J connectivity index is 1.36. The lowest BCUT2D eigenvalue weighted by molar-refractivity contribution is -0.139. The molecule has 0 bridgehead atoms. The van der Waals surface area contributed by atoms with Crippen molar-refractivity contribution in [3.63, 3.8) is 0 Å². The quantitative estimate of drug-likeness (QED) is 0.431. The maximum Gasteiger partial charge on any atom is 0.287 e. The molecular weight excluding hydrogens is 438 g/mol. The van der Waals surface area contributed by atoms with Gasteiger partial charge < -0.3 is 26.3 Å². The molecule has 0 unspecified atom stereocenters. The minimum Gasteiger partial charge on any atom is -0.363 e. The Labute approximate surface area is 195 Å². The van der Waals surface area contributed by atoms with E-state index < -0.39 is 35.6 Å². The van der Waals surface area contributed by atoms with E-state index in [9.17, 15) is 24.0 Å². The molecule has 3 aliphatic rings. The summed E-state index contributed by atoms with van der Waals surface area (Å²) in [7, 11) is 0. The van der Waals surface area contributed by atoms with Crippen molar-refractivity contribution in [1.82, 2.24) is 20.5 Å². The van der Waals surface area contributed by atoms with Gasteiger partial charge in [0.25, 0.3) is 11.8 Å². The molecule has 178 valence electrons. The van der Waals surface area contributed by atoms with E-state index in [4.69, 9.17) is 5.73 Å². The molecule has 1 aromatic carbocycles. The number of likely N-dealkylation sites (tertiary alicyclic amines) is 1. The number of aromatic nitrogens is 1. The number of H-pyrrole nitrogens is 1. The van der Waals surface area contributed by atoms with Crippen LogP contribution in [-0.4, -0.2) is 64.5 Å². The van der Waals surface area contributed by atoms with Crippen LogP contribution in [-0.2, 0) is 19.2 Å². The van der Waals surface area contributed by atoms with Gasteiger partial charge in [0.2, 0.25) is 17.6 Å². The number of hydrogen-bond donors (Lipinski definition) is 4. The molecule has 3 atom stereocenters. The highest BCUT2D eigenvalue weighted by Crippen LogP contribution is 2.55. The summed E-state index contributed by atoms with van der Waals surface area (Å²) in [5.41, 5.74) is 6.34. The maximum atomic E-state index is 13.4. The third-order valence-corrected chi connectivity index (χ3v) is 7.35. The number of primary amides is 1. The third-order valence-electron chi connectivity index (χ3n) is 7.35. The van der Waals surface area contributed by atoms with E-state index in [1.54, 1.807) is 11.0 Å². The lowest BCUT2D eigenvalue weighted by Crippen LogP contribution is -2.53. The summed E-state index contributed by atoms with van der Waals surface area (Å²) in [6, 6.07) is 7.32. The summed E-state index contributed by atoms with van der Waals surface area (Å²) in [5, 5.41) is 6.23. The number of carbonyl (C=O) groups is 5. The van der Waals surface area contributed by atoms with Crippen molar-refractivity contribution in [2.75, 3.05) is 13.1 Å². The molecule has 2 aliphatic heterocycles. The van der Waals surface area contributed by atoms with Gasteiger partial charge in [0.15, 0.2) is 0 Å². The molecule has 0 radical (unpaired) electrons. The summed E-state index contributed by atoms with van der Waals surface area (Å²) in [4.78, 5) is 67.5. The standard InChI is InChI=1S/C24H27N5O5/c25-20(31)19(30)16(10-14-5-8-26-21(14)32)28-22(33)18-11-24(6-7-24)12-29(18)23(34)17-9-13-3-1-2-4-15(13)27-17/h1-4,9,14,16,18,27H,5-8,10-12H2,(H2,25,31)(H,26,32)(H,28,33)/t14-,16-,18-/m0/s1. The second-order valence-electron chi connectivity index (χ2n) is 9.73. The van der Waals surface area contributed by atoms with Crippen molar-refractivity contribution >= 4 is 40.3 Å². The zero-order chi connectivity index (χ0) is 24.0. The van der Waals surface area contributed by atoms with E-state index in [0.717, 1.165) is 23.7 Å². The fourth-order valence-corrected chi connectivity index (χ4v) is 5.21. The summed E-state index contributed by atoms with van der Waals surface area (Å²) < 4.78 is 0. The second-order valence-corrected chi connectivity index (χ2v) is 9.73. The molecule has 5 N–H and O–H groups in total. The minimum absolute atomic E-state index is 0.00677. The Morgan fingerprint density at radius 2 is 1.97 bits per heavy atom. The number of benzene rings is 1. The predicted molar refractivity (Wildman–Crippen MR) is 121 cm³/mol. The van der Waals surface area contributed by atoms with E-state index in [-0.39, 0.29) is 23.7 Å². The largest absolute Gasteiger partial charge is 0.363 e. The average Bonchev–Trinajstić information content (AvgIpc) is 3.14. The summed E-state index contributed by atoms with van der Waals surface area (Å²) in [6.45, 7) is 0.936. The van der Waals surface area contributed by atoms with Gasteiger partial charge in [-0.1, -0.05) is 18.2 Å². The van der Waals surface area contributed by atoms with Crippen molar-refractivity contribution in [1.29, 1.82) is 0 Å². The number of hydrogen-bond acceptors (Lipinski definition) is 5. The van der Waals surface area contributed by atoms with E-state index in [1.165, 1.54) is 0 Å². The molecule has 1 spiro atoms. The van der Waals surface area contributed by atoms with Gasteiger partial charge in [0.1, 0.15) is 11.7 Å². The van der Waals surface area contributed by atoms with Gasteiger partial charge in [-0.15, -0.1) is 0 Å². The van der Waals surface area contributed by atoms with E-state index in [2.05, 4.69) is 15.6 Å². The molecule has 10 heteroatoms. The number of carbonyl (C=O) groups excluding carboxylic acids is 5. The SMILES string of the molecule is NC(=O)C(=O)[C@H](C[C@@H]1CCNC1=O)NC(=O)[C@@H]1CC2(CC2)CN1C(=O)c1cc2ccccc2[nH]1. The molecule has 3 heterocycles. The van der Waals surface area contributed by atoms with Crippen LogP contribution < -0.4 is 16.4 Å². The molecule has 1 saturated carbocycles. The van der Waals surface area contributed by atoms with Gasteiger partial charge in [-0.25, -0.2) is 0 Å². The lowest BCUT2D eigenvalue weighted by Gasteiger charge is -2.26. The van der Waals surface area contributed by atoms with Crippen LogP contribution in [0.1, 0.15) is 42.6 Å². The molecule has 1 aliphatic carbocycles. The zero-order valence-electron chi connectivity index (χ0n) is 18.6. The molecule has 5 rings (SSSR count). The fraction of sp³-hybridized carbons (Fsp3) is 0.458. The monoisotopic (exact) mass is 465 g/mol. The molecule has 10 nitrogen and oxygen atoms in total. The Morgan fingerprint density at radius 1 is 1.21 bits per heavy atom. The molecule has 4 amide bonds. The normalized spacial score (nSPS) is 23.6. The van der Waals surface area contributed by atoms with Gasteiger partial charge >= 0.3 is 0 Å². The van der Waals surface area contributed by atoms with E-state index in [0.29, 0.717) is 31.6 Å². The number of para-hydroxylation sites is 1. The second kappa shape index (κ2) is 8.27. The molecule has 2 aromatic rings. The summed E-state index contributed by atoms with van der Waals surface area (Å²) in [5.74, 6) is -3.61. The number of aromatic amines is 1. The first kappa shape index (κ1) is 22.1. The van der Waals surface area contributed by atoms with Crippen molar-refractivity contribution in [2.24, 2.45) is 17.1 Å². The zero-order valence-corrected chi connectivity index (χ0v) is 18.6. The first-order valence-electron chi connectivity index (χ1n) is 11.6. The highest BCUT2D eigenvalue weighted by Gasteiger charge is 2.55. The smallest absolute Gasteiger partial charge is 0.287 e. The van der Waals surface area contributed by atoms with Gasteiger partial charge in [-0.3, -0.25) is 24.0 Å². The first-order valence-corrected chi connectivity index (χ1v) is 11.6. The van der Waals surface area contributed by atoms with Gasteiger partial charge in [-0.2, -0.15) is 0 Å². The van der Waals surface area contributed by atoms with Gasteiger partial charge in [0.05, 0.1) is 6.04 Å². The van der Waals surface area contributed by atoms with Crippen LogP contribution in [0.15, 0.2) is 30.3 Å². The number of ketones is 1. The van der Waals surface area contributed by atoms with Crippen LogP contribution in [0, 0.1) is 11.3 Å². The number of nitrogens with two attached hydrogens (primary N) is 1. The van der Waals surface area contributed by atoms with Crippen LogP contribution in [0.4, 0.5) is 0 Å². The van der Waals surface area contributed by atoms with Crippen molar-refractivity contribution in [3.8, 4) is 0 Å². The topological polar surface area (TPSA) is 154 Å². The highest BCUT2D eigenvalue weighted by molar-refractivity contribution is 6.38. The lowest BCUT2D eigenvalue weighted by atomic mass is 9.95. The number of amides is 4. The maximum absolute atomic E-state index is 13.4. The van der Waals surface area contributed by atoms with Crippen molar-refractivity contribution in [2.45, 2.75) is 44.2 Å². The third kappa shape index (κ3) is 4.04. The Bertz CT molecular complexity index is 1170. The van der Waals surface area contributed by atoms with E-state index in [1.807, 2.05) is 24.3 Å². The first-order chi connectivity index (χ1) is 16.3. The number of Topliss-reactive ketones (excluding diaryl/α,β-unsaturated/α-hetero) is 1. The van der Waals surface area contributed by atoms with Crippen LogP contribution in [0.2, 0.25) is 0 Å². The van der Waals surface area contributed by atoms with Crippen molar-refractivity contribution < 1.29 is 24.0 Å². The molecule has 3 fully saturated rings. The number of nitrogens with one attached hydrogen (secondary N) is 3. The van der Waals surface area contributed by atoms with Gasteiger partial charge in [-0.05, 0) is 49.7 Å². The summed E-state index contributed by atoms with van der Waals surface area (Å²) >= 11 is 0. The van der Waals surface area contributed by atoms with E-state index >= 15 is 0 Å². The minimum atomic E-state index is -1.21.